The van der Waals surface area contributed by atoms with Crippen molar-refractivity contribution in [2.75, 3.05) is 18.0 Å². The van der Waals surface area contributed by atoms with E-state index in [9.17, 15) is 0 Å². The van der Waals surface area contributed by atoms with Crippen molar-refractivity contribution in [3.63, 3.8) is 0 Å². The molecule has 0 spiro atoms. The molecule has 2 fully saturated rings. The fraction of sp³-hybridized carbons (Fsp3) is 0.647. The highest BCUT2D eigenvalue weighted by molar-refractivity contribution is 5.48. The third kappa shape index (κ3) is 2.79. The first kappa shape index (κ1) is 13.0. The lowest BCUT2D eigenvalue weighted by molar-refractivity contribution is 0.208. The summed E-state index contributed by atoms with van der Waals surface area (Å²) in [5, 5.41) is 0. The molecule has 0 aromatic heterocycles. The van der Waals surface area contributed by atoms with Gasteiger partial charge in [0, 0.05) is 24.8 Å². The minimum absolute atomic E-state index is 0.453. The van der Waals surface area contributed by atoms with E-state index in [0.717, 1.165) is 11.8 Å². The smallest absolute Gasteiger partial charge is 0.0366 e. The molecule has 1 aromatic rings. The van der Waals surface area contributed by atoms with Crippen LogP contribution in [0.25, 0.3) is 0 Å². The maximum atomic E-state index is 6.14. The van der Waals surface area contributed by atoms with E-state index in [0.29, 0.717) is 12.0 Å². The number of rotatable bonds is 2. The highest BCUT2D eigenvalue weighted by Gasteiger charge is 2.33. The van der Waals surface area contributed by atoms with Gasteiger partial charge in [0.2, 0.25) is 0 Å². The summed E-state index contributed by atoms with van der Waals surface area (Å²) in [6, 6.07) is 9.63. The molecule has 1 aliphatic heterocycles. The summed E-state index contributed by atoms with van der Waals surface area (Å²) >= 11 is 0. The molecule has 2 unspecified atom stereocenters. The average Bonchev–Trinajstić information content (AvgIpc) is 2.37. The van der Waals surface area contributed by atoms with Gasteiger partial charge in [0.25, 0.3) is 0 Å². The molecule has 1 heterocycles. The van der Waals surface area contributed by atoms with Crippen LogP contribution < -0.4 is 10.6 Å². The first-order chi connectivity index (χ1) is 9.11. The van der Waals surface area contributed by atoms with Crippen molar-refractivity contribution in [1.29, 1.82) is 0 Å². The second-order valence-electron chi connectivity index (χ2n) is 6.85. The molecule has 19 heavy (non-hydrogen) atoms. The van der Waals surface area contributed by atoms with Gasteiger partial charge in [-0.15, -0.1) is 0 Å². The molecular formula is C17H26N2. The van der Waals surface area contributed by atoms with Gasteiger partial charge >= 0.3 is 0 Å². The van der Waals surface area contributed by atoms with Gasteiger partial charge in [0.15, 0.2) is 0 Å². The predicted octanol–water partition coefficient (Wildman–Crippen LogP) is 3.37. The van der Waals surface area contributed by atoms with Crippen LogP contribution in [0.15, 0.2) is 24.3 Å². The van der Waals surface area contributed by atoms with Crippen LogP contribution in [0.4, 0.5) is 5.69 Å². The zero-order valence-corrected chi connectivity index (χ0v) is 12.2. The summed E-state index contributed by atoms with van der Waals surface area (Å²) in [6.45, 7) is 6.90. The van der Waals surface area contributed by atoms with Crippen LogP contribution in [0.5, 0.6) is 0 Å². The van der Waals surface area contributed by atoms with Crippen LogP contribution in [0.3, 0.4) is 0 Å². The zero-order chi connectivity index (χ0) is 13.4. The van der Waals surface area contributed by atoms with Crippen molar-refractivity contribution in [1.82, 2.24) is 0 Å². The van der Waals surface area contributed by atoms with Gasteiger partial charge in [-0.25, -0.2) is 0 Å². The van der Waals surface area contributed by atoms with Crippen LogP contribution in [0.2, 0.25) is 0 Å². The summed E-state index contributed by atoms with van der Waals surface area (Å²) in [7, 11) is 0. The normalized spacial score (nSPS) is 30.7. The molecule has 1 saturated heterocycles. The lowest BCUT2D eigenvalue weighted by Gasteiger charge is -2.44. The Hall–Kier alpha value is -1.02. The first-order valence-electron chi connectivity index (χ1n) is 7.72. The van der Waals surface area contributed by atoms with Crippen LogP contribution in [-0.4, -0.2) is 19.1 Å². The number of piperidine rings is 1. The van der Waals surface area contributed by atoms with E-state index >= 15 is 0 Å². The van der Waals surface area contributed by atoms with E-state index in [1.54, 1.807) is 0 Å². The Morgan fingerprint density at radius 3 is 2.11 bits per heavy atom. The first-order valence-corrected chi connectivity index (χ1v) is 7.72. The van der Waals surface area contributed by atoms with E-state index in [-0.39, 0.29) is 0 Å². The topological polar surface area (TPSA) is 29.3 Å². The van der Waals surface area contributed by atoms with E-state index in [2.05, 4.69) is 43.0 Å². The van der Waals surface area contributed by atoms with Crippen molar-refractivity contribution in [3.8, 4) is 0 Å². The molecule has 0 radical (unpaired) electrons. The maximum absolute atomic E-state index is 6.14. The van der Waals surface area contributed by atoms with E-state index in [1.165, 1.54) is 43.6 Å². The minimum atomic E-state index is 0.453. The molecule has 2 heteroatoms. The average molecular weight is 258 g/mol. The van der Waals surface area contributed by atoms with E-state index < -0.39 is 0 Å². The highest BCUT2D eigenvalue weighted by atomic mass is 15.1. The predicted molar refractivity (Wildman–Crippen MR) is 81.6 cm³/mol. The molecule has 2 N–H and O–H groups in total. The molecule has 0 amide bonds. The number of hydrogen-bond donors (Lipinski definition) is 1. The molecule has 104 valence electrons. The number of nitrogens with zero attached hydrogens (tertiary/aromatic N) is 1. The van der Waals surface area contributed by atoms with Crippen LogP contribution >= 0.6 is 0 Å². The van der Waals surface area contributed by atoms with Gasteiger partial charge in [-0.2, -0.15) is 0 Å². The summed E-state index contributed by atoms with van der Waals surface area (Å²) < 4.78 is 0. The van der Waals surface area contributed by atoms with Crippen LogP contribution in [0.1, 0.15) is 44.6 Å². The Labute approximate surface area is 117 Å². The zero-order valence-electron chi connectivity index (χ0n) is 12.2. The molecule has 1 aliphatic carbocycles. The third-order valence-electron chi connectivity index (χ3n) is 4.82. The summed E-state index contributed by atoms with van der Waals surface area (Å²) in [5.74, 6) is 2.24. The molecule has 2 aliphatic rings. The SMILES string of the molecule is CC(C)c1ccc(N2CC3CC(N)CC(C3)C2)cc1. The Balaban J connectivity index is 1.73. The van der Waals surface area contributed by atoms with E-state index in [4.69, 9.17) is 5.73 Å². The lowest BCUT2D eigenvalue weighted by Crippen LogP contribution is -2.47. The molecule has 2 bridgehead atoms. The highest BCUT2D eigenvalue weighted by Crippen LogP contribution is 2.36. The maximum Gasteiger partial charge on any atom is 0.0366 e. The molecular weight excluding hydrogens is 232 g/mol. The Kier molecular flexibility index (Phi) is 3.53. The van der Waals surface area contributed by atoms with Crippen molar-refractivity contribution < 1.29 is 0 Å². The lowest BCUT2D eigenvalue weighted by atomic mass is 9.75. The summed E-state index contributed by atoms with van der Waals surface area (Å²) in [4.78, 5) is 2.58. The van der Waals surface area contributed by atoms with Crippen LogP contribution in [0, 0.1) is 11.8 Å². The number of benzene rings is 1. The standard InChI is InChI=1S/C17H26N2/c1-12(2)15-3-5-17(6-4-15)19-10-13-7-14(11-19)9-16(18)8-13/h3-6,12-14,16H,7-11,18H2,1-2H3. The number of anilines is 1. The van der Waals surface area contributed by atoms with Crippen molar-refractivity contribution in [3.05, 3.63) is 29.8 Å². The van der Waals surface area contributed by atoms with Gasteiger partial charge in [-0.05, 0) is 54.7 Å². The minimum Gasteiger partial charge on any atom is -0.371 e. The van der Waals surface area contributed by atoms with Crippen molar-refractivity contribution in [2.45, 2.75) is 45.1 Å². The van der Waals surface area contributed by atoms with Gasteiger partial charge in [-0.1, -0.05) is 26.0 Å². The Morgan fingerprint density at radius 1 is 1.00 bits per heavy atom. The Bertz CT molecular complexity index is 405. The number of hydrogen-bond acceptors (Lipinski definition) is 2. The molecule has 2 atom stereocenters. The summed E-state index contributed by atoms with van der Waals surface area (Å²) in [6.07, 6.45) is 3.84. The Morgan fingerprint density at radius 2 is 1.58 bits per heavy atom. The number of nitrogens with two attached hydrogens (primary N) is 1. The van der Waals surface area contributed by atoms with Gasteiger partial charge < -0.3 is 10.6 Å². The van der Waals surface area contributed by atoms with Gasteiger partial charge in [-0.3, -0.25) is 0 Å². The second kappa shape index (κ2) is 5.16. The largest absolute Gasteiger partial charge is 0.371 e. The number of fused-ring (bicyclic) bond motifs is 2. The van der Waals surface area contributed by atoms with Crippen LogP contribution in [-0.2, 0) is 0 Å². The second-order valence-corrected chi connectivity index (χ2v) is 6.85. The summed E-state index contributed by atoms with van der Waals surface area (Å²) in [5.41, 5.74) is 8.97. The van der Waals surface area contributed by atoms with Gasteiger partial charge in [0.05, 0.1) is 0 Å². The fourth-order valence-corrected chi connectivity index (χ4v) is 3.89. The molecule has 2 nitrogen and oxygen atoms in total. The molecule has 1 aromatic carbocycles. The third-order valence-corrected chi connectivity index (χ3v) is 4.82. The van der Waals surface area contributed by atoms with E-state index in [1.807, 2.05) is 0 Å². The molecule has 1 saturated carbocycles. The fourth-order valence-electron chi connectivity index (χ4n) is 3.89. The van der Waals surface area contributed by atoms with Crippen molar-refractivity contribution >= 4 is 5.69 Å². The molecule has 3 rings (SSSR count). The van der Waals surface area contributed by atoms with Gasteiger partial charge in [0.1, 0.15) is 0 Å². The quantitative estimate of drug-likeness (QED) is 0.881. The monoisotopic (exact) mass is 258 g/mol. The van der Waals surface area contributed by atoms with Crippen molar-refractivity contribution in [2.24, 2.45) is 17.6 Å².